The Morgan fingerprint density at radius 2 is 1.57 bits per heavy atom. The molecule has 0 N–H and O–H groups in total. The van der Waals surface area contributed by atoms with Gasteiger partial charge in [-0.3, -0.25) is 19.3 Å². The molecule has 0 spiro atoms. The van der Waals surface area contributed by atoms with Crippen LogP contribution in [0.3, 0.4) is 0 Å². The maximum Gasteiger partial charge on any atom is 0.261 e. The number of fused-ring (bicyclic) bond motifs is 1. The van der Waals surface area contributed by atoms with Crippen LogP contribution >= 0.6 is 0 Å². The third-order valence-electron chi connectivity index (χ3n) is 6.28. The molecule has 4 rings (SSSR count). The highest BCUT2D eigenvalue weighted by molar-refractivity contribution is 6.21. The van der Waals surface area contributed by atoms with Crippen molar-refractivity contribution in [1.29, 1.82) is 0 Å². The van der Waals surface area contributed by atoms with Crippen LogP contribution in [0.4, 0.5) is 0 Å². The SMILES string of the molecule is CCOc1ccc(CN2C(=O)c3ccccc3C2=O)cc1C(=O)N(C)C(C)c1ccccc1OC. The van der Waals surface area contributed by atoms with Gasteiger partial charge in [-0.2, -0.15) is 0 Å². The predicted octanol–water partition coefficient (Wildman–Crippen LogP) is 4.72. The molecule has 1 atom stereocenters. The van der Waals surface area contributed by atoms with Gasteiger partial charge in [0.2, 0.25) is 0 Å². The van der Waals surface area contributed by atoms with Crippen LogP contribution in [0.1, 0.15) is 62.1 Å². The van der Waals surface area contributed by atoms with Gasteiger partial charge in [0, 0.05) is 12.6 Å². The third kappa shape index (κ3) is 4.49. The molecular formula is C28H28N2O5. The summed E-state index contributed by atoms with van der Waals surface area (Å²) in [6, 6.07) is 19.3. The zero-order valence-electron chi connectivity index (χ0n) is 20.3. The zero-order chi connectivity index (χ0) is 25.1. The Kier molecular flexibility index (Phi) is 6.87. The van der Waals surface area contributed by atoms with Crippen LogP contribution in [0.25, 0.3) is 0 Å². The Labute approximate surface area is 204 Å². The molecule has 1 unspecified atom stereocenters. The number of hydrogen-bond acceptors (Lipinski definition) is 5. The van der Waals surface area contributed by atoms with E-state index >= 15 is 0 Å². The monoisotopic (exact) mass is 472 g/mol. The lowest BCUT2D eigenvalue weighted by atomic mass is 10.0. The highest BCUT2D eigenvalue weighted by atomic mass is 16.5. The molecule has 0 fully saturated rings. The lowest BCUT2D eigenvalue weighted by Crippen LogP contribution is -2.31. The number of nitrogens with zero attached hydrogens (tertiary/aromatic N) is 2. The van der Waals surface area contributed by atoms with E-state index in [1.807, 2.05) is 38.1 Å². The summed E-state index contributed by atoms with van der Waals surface area (Å²) >= 11 is 0. The van der Waals surface area contributed by atoms with E-state index in [0.29, 0.717) is 40.4 Å². The summed E-state index contributed by atoms with van der Waals surface area (Å²) in [4.78, 5) is 42.1. The average molecular weight is 473 g/mol. The van der Waals surface area contributed by atoms with Crippen LogP contribution in [0.5, 0.6) is 11.5 Å². The average Bonchev–Trinajstić information content (AvgIpc) is 3.13. The van der Waals surface area contributed by atoms with E-state index in [0.717, 1.165) is 5.56 Å². The van der Waals surface area contributed by atoms with Crippen LogP contribution in [0.15, 0.2) is 66.7 Å². The number of imide groups is 1. The van der Waals surface area contributed by atoms with Gasteiger partial charge in [0.25, 0.3) is 17.7 Å². The highest BCUT2D eigenvalue weighted by Crippen LogP contribution is 2.32. The molecule has 0 aliphatic carbocycles. The first kappa shape index (κ1) is 24.0. The molecule has 1 heterocycles. The number of para-hydroxylation sites is 1. The molecule has 7 nitrogen and oxygen atoms in total. The van der Waals surface area contributed by atoms with Crippen molar-refractivity contribution in [3.63, 3.8) is 0 Å². The van der Waals surface area contributed by atoms with Gasteiger partial charge in [-0.25, -0.2) is 0 Å². The van der Waals surface area contributed by atoms with Gasteiger partial charge >= 0.3 is 0 Å². The fraction of sp³-hybridized carbons (Fsp3) is 0.250. The summed E-state index contributed by atoms with van der Waals surface area (Å²) in [7, 11) is 3.33. The minimum absolute atomic E-state index is 0.0603. The quantitative estimate of drug-likeness (QED) is 0.443. The molecule has 3 aromatic carbocycles. The molecule has 3 aromatic rings. The summed E-state index contributed by atoms with van der Waals surface area (Å²) in [5, 5.41) is 0. The molecule has 1 aliphatic rings. The van der Waals surface area contributed by atoms with E-state index in [2.05, 4.69) is 0 Å². The Bertz CT molecular complexity index is 1250. The standard InChI is InChI=1S/C28H28N2O5/c1-5-35-25-15-14-19(17-30-27(32)21-11-6-7-12-22(21)28(30)33)16-23(25)26(31)29(3)18(2)20-10-8-9-13-24(20)34-4/h6-16,18H,5,17H2,1-4H3. The van der Waals surface area contributed by atoms with E-state index in [1.54, 1.807) is 61.5 Å². The Morgan fingerprint density at radius 1 is 0.943 bits per heavy atom. The fourth-order valence-corrected chi connectivity index (χ4v) is 4.28. The van der Waals surface area contributed by atoms with Gasteiger partial charge in [-0.05, 0) is 49.7 Å². The Hall–Kier alpha value is -4.13. The first-order valence-corrected chi connectivity index (χ1v) is 11.5. The number of amides is 3. The van der Waals surface area contributed by atoms with E-state index in [1.165, 1.54) is 4.90 Å². The second-order valence-corrected chi connectivity index (χ2v) is 8.34. The van der Waals surface area contributed by atoms with Crippen molar-refractivity contribution in [3.8, 4) is 11.5 Å². The second-order valence-electron chi connectivity index (χ2n) is 8.34. The summed E-state index contributed by atoms with van der Waals surface area (Å²) in [5.74, 6) is 0.228. The number of methoxy groups -OCH3 is 1. The van der Waals surface area contributed by atoms with Gasteiger partial charge in [0.05, 0.1) is 43.0 Å². The molecule has 0 saturated heterocycles. The van der Waals surface area contributed by atoms with E-state index in [4.69, 9.17) is 9.47 Å². The minimum Gasteiger partial charge on any atom is -0.496 e. The minimum atomic E-state index is -0.339. The van der Waals surface area contributed by atoms with Crippen molar-refractivity contribution < 1.29 is 23.9 Å². The molecule has 7 heteroatoms. The maximum absolute atomic E-state index is 13.6. The number of carbonyl (C=O) groups is 3. The lowest BCUT2D eigenvalue weighted by Gasteiger charge is -2.27. The Morgan fingerprint density at radius 3 is 2.20 bits per heavy atom. The third-order valence-corrected chi connectivity index (χ3v) is 6.28. The number of rotatable bonds is 8. The van der Waals surface area contributed by atoms with E-state index in [-0.39, 0.29) is 30.3 Å². The molecule has 1 aliphatic heterocycles. The number of carbonyl (C=O) groups excluding carboxylic acids is 3. The predicted molar refractivity (Wildman–Crippen MR) is 132 cm³/mol. The number of benzene rings is 3. The first-order valence-electron chi connectivity index (χ1n) is 11.5. The van der Waals surface area contributed by atoms with E-state index < -0.39 is 0 Å². The smallest absolute Gasteiger partial charge is 0.261 e. The van der Waals surface area contributed by atoms with Crippen molar-refractivity contribution in [3.05, 3.63) is 94.5 Å². The summed E-state index contributed by atoms with van der Waals surface area (Å²) in [5.41, 5.74) is 2.69. The highest BCUT2D eigenvalue weighted by Gasteiger charge is 2.35. The summed E-state index contributed by atoms with van der Waals surface area (Å²) < 4.78 is 11.2. The van der Waals surface area contributed by atoms with Crippen LogP contribution in [-0.4, -0.2) is 48.3 Å². The van der Waals surface area contributed by atoms with Gasteiger partial charge in [0.1, 0.15) is 11.5 Å². The van der Waals surface area contributed by atoms with Crippen molar-refractivity contribution >= 4 is 17.7 Å². The van der Waals surface area contributed by atoms with Crippen molar-refractivity contribution in [2.75, 3.05) is 20.8 Å². The topological polar surface area (TPSA) is 76.2 Å². The zero-order valence-corrected chi connectivity index (χ0v) is 20.3. The van der Waals surface area contributed by atoms with Gasteiger partial charge in [-0.15, -0.1) is 0 Å². The van der Waals surface area contributed by atoms with E-state index in [9.17, 15) is 14.4 Å². The second kappa shape index (κ2) is 10.0. The van der Waals surface area contributed by atoms with Crippen molar-refractivity contribution in [2.45, 2.75) is 26.4 Å². The van der Waals surface area contributed by atoms with Crippen LogP contribution in [-0.2, 0) is 6.54 Å². The molecule has 0 aromatic heterocycles. The van der Waals surface area contributed by atoms with Gasteiger partial charge in [-0.1, -0.05) is 36.4 Å². The lowest BCUT2D eigenvalue weighted by molar-refractivity contribution is 0.0642. The van der Waals surface area contributed by atoms with Crippen molar-refractivity contribution in [1.82, 2.24) is 9.80 Å². The molecular weight excluding hydrogens is 444 g/mol. The first-order chi connectivity index (χ1) is 16.9. The summed E-state index contributed by atoms with van der Waals surface area (Å²) in [6.45, 7) is 4.23. The Balaban J connectivity index is 1.63. The molecule has 35 heavy (non-hydrogen) atoms. The number of ether oxygens (including phenoxy) is 2. The largest absolute Gasteiger partial charge is 0.496 e. The molecule has 0 radical (unpaired) electrons. The molecule has 180 valence electrons. The van der Waals surface area contributed by atoms with Gasteiger partial charge < -0.3 is 14.4 Å². The number of hydrogen-bond donors (Lipinski definition) is 0. The van der Waals surface area contributed by atoms with Crippen LogP contribution < -0.4 is 9.47 Å². The molecule has 0 bridgehead atoms. The van der Waals surface area contributed by atoms with Crippen LogP contribution in [0, 0.1) is 0 Å². The fourth-order valence-electron chi connectivity index (χ4n) is 4.28. The van der Waals surface area contributed by atoms with Crippen LogP contribution in [0.2, 0.25) is 0 Å². The summed E-state index contributed by atoms with van der Waals surface area (Å²) in [6.07, 6.45) is 0. The van der Waals surface area contributed by atoms with Crippen molar-refractivity contribution in [2.24, 2.45) is 0 Å². The molecule has 0 saturated carbocycles. The normalized spacial score (nSPS) is 13.4. The maximum atomic E-state index is 13.6. The van der Waals surface area contributed by atoms with Gasteiger partial charge in [0.15, 0.2) is 0 Å². The molecule has 3 amide bonds.